The van der Waals surface area contributed by atoms with Crippen molar-refractivity contribution in [3.05, 3.63) is 64.7 Å². The average molecular weight is 255 g/mol. The standard InChI is InChI=1S/C17H21NO/c1-12-6-5-7-14(10-12)17(18-3)15-9-8-13(2)11-16(15)19-4/h5-11,17-18H,1-4H3. The number of hydrogen-bond acceptors (Lipinski definition) is 2. The van der Waals surface area contributed by atoms with E-state index >= 15 is 0 Å². The van der Waals surface area contributed by atoms with Crippen LogP contribution in [0.2, 0.25) is 0 Å². The molecule has 0 fully saturated rings. The second kappa shape index (κ2) is 5.89. The van der Waals surface area contributed by atoms with Crippen molar-refractivity contribution in [1.29, 1.82) is 0 Å². The molecule has 0 saturated carbocycles. The molecule has 2 aromatic carbocycles. The molecule has 2 nitrogen and oxygen atoms in total. The minimum absolute atomic E-state index is 0.149. The molecule has 0 radical (unpaired) electrons. The number of ether oxygens (including phenoxy) is 1. The first-order valence-electron chi connectivity index (χ1n) is 6.54. The van der Waals surface area contributed by atoms with Crippen LogP contribution in [0.3, 0.4) is 0 Å². The van der Waals surface area contributed by atoms with Gasteiger partial charge in [-0.3, -0.25) is 0 Å². The lowest BCUT2D eigenvalue weighted by atomic mass is 9.96. The molecule has 0 amide bonds. The van der Waals surface area contributed by atoms with Gasteiger partial charge in [0.1, 0.15) is 5.75 Å². The molecular weight excluding hydrogens is 234 g/mol. The summed E-state index contributed by atoms with van der Waals surface area (Å²) in [4.78, 5) is 0. The topological polar surface area (TPSA) is 21.3 Å². The number of rotatable bonds is 4. The highest BCUT2D eigenvalue weighted by Gasteiger charge is 2.16. The Bertz CT molecular complexity index is 563. The van der Waals surface area contributed by atoms with Crippen molar-refractivity contribution in [3.8, 4) is 5.75 Å². The normalized spacial score (nSPS) is 12.2. The van der Waals surface area contributed by atoms with Gasteiger partial charge in [0.25, 0.3) is 0 Å². The first-order valence-corrected chi connectivity index (χ1v) is 6.54. The maximum Gasteiger partial charge on any atom is 0.124 e. The van der Waals surface area contributed by atoms with Crippen LogP contribution >= 0.6 is 0 Å². The highest BCUT2D eigenvalue weighted by Crippen LogP contribution is 2.30. The summed E-state index contributed by atoms with van der Waals surface area (Å²) < 4.78 is 5.52. The van der Waals surface area contributed by atoms with Gasteiger partial charge in [-0.15, -0.1) is 0 Å². The quantitative estimate of drug-likeness (QED) is 0.901. The Hall–Kier alpha value is -1.80. The van der Waals surface area contributed by atoms with Crippen molar-refractivity contribution < 1.29 is 4.74 Å². The van der Waals surface area contributed by atoms with E-state index in [9.17, 15) is 0 Å². The Labute approximate surface area is 115 Å². The van der Waals surface area contributed by atoms with Gasteiger partial charge in [0.05, 0.1) is 13.2 Å². The van der Waals surface area contributed by atoms with Gasteiger partial charge in [-0.05, 0) is 38.1 Å². The van der Waals surface area contributed by atoms with Crippen molar-refractivity contribution >= 4 is 0 Å². The number of hydrogen-bond donors (Lipinski definition) is 1. The predicted octanol–water partition coefficient (Wildman–Crippen LogP) is 3.62. The lowest BCUT2D eigenvalue weighted by Crippen LogP contribution is -2.18. The molecule has 1 N–H and O–H groups in total. The molecule has 2 rings (SSSR count). The monoisotopic (exact) mass is 255 g/mol. The Balaban J connectivity index is 2.48. The van der Waals surface area contributed by atoms with Crippen LogP contribution in [-0.2, 0) is 0 Å². The number of aryl methyl sites for hydroxylation is 2. The second-order valence-electron chi connectivity index (χ2n) is 4.88. The van der Waals surface area contributed by atoms with Gasteiger partial charge in [-0.2, -0.15) is 0 Å². The smallest absolute Gasteiger partial charge is 0.124 e. The van der Waals surface area contributed by atoms with E-state index in [0.717, 1.165) is 5.75 Å². The maximum atomic E-state index is 5.52. The van der Waals surface area contributed by atoms with E-state index in [2.05, 4.69) is 61.6 Å². The van der Waals surface area contributed by atoms with E-state index in [1.807, 2.05) is 7.05 Å². The highest BCUT2D eigenvalue weighted by atomic mass is 16.5. The van der Waals surface area contributed by atoms with Gasteiger partial charge < -0.3 is 10.1 Å². The first kappa shape index (κ1) is 13.6. The summed E-state index contributed by atoms with van der Waals surface area (Å²) in [6.45, 7) is 4.19. The molecule has 2 heteroatoms. The van der Waals surface area contributed by atoms with Gasteiger partial charge >= 0.3 is 0 Å². The molecule has 2 aromatic rings. The molecule has 1 unspecified atom stereocenters. The summed E-state index contributed by atoms with van der Waals surface area (Å²) in [5.74, 6) is 0.931. The molecule has 100 valence electrons. The van der Waals surface area contributed by atoms with Crippen LogP contribution in [0.15, 0.2) is 42.5 Å². The molecule has 0 heterocycles. The molecule has 0 aliphatic rings. The number of nitrogens with one attached hydrogen (secondary N) is 1. The third-order valence-electron chi connectivity index (χ3n) is 3.36. The third kappa shape index (κ3) is 2.96. The summed E-state index contributed by atoms with van der Waals surface area (Å²) in [5.41, 5.74) is 4.90. The largest absolute Gasteiger partial charge is 0.496 e. The lowest BCUT2D eigenvalue weighted by molar-refractivity contribution is 0.405. The third-order valence-corrected chi connectivity index (χ3v) is 3.36. The van der Waals surface area contributed by atoms with Crippen LogP contribution in [0, 0.1) is 13.8 Å². The Kier molecular flexibility index (Phi) is 4.23. The van der Waals surface area contributed by atoms with E-state index in [4.69, 9.17) is 4.74 Å². The zero-order valence-electron chi connectivity index (χ0n) is 12.0. The van der Waals surface area contributed by atoms with Crippen molar-refractivity contribution in [1.82, 2.24) is 5.32 Å². The van der Waals surface area contributed by atoms with Crippen molar-refractivity contribution in [2.75, 3.05) is 14.2 Å². The molecule has 1 atom stereocenters. The second-order valence-corrected chi connectivity index (χ2v) is 4.88. The fraction of sp³-hybridized carbons (Fsp3) is 0.294. The zero-order valence-corrected chi connectivity index (χ0v) is 12.0. The molecule has 0 aromatic heterocycles. The van der Waals surface area contributed by atoms with Gasteiger partial charge in [0.2, 0.25) is 0 Å². The van der Waals surface area contributed by atoms with Gasteiger partial charge in [-0.25, -0.2) is 0 Å². The van der Waals surface area contributed by atoms with Crippen molar-refractivity contribution in [2.45, 2.75) is 19.9 Å². The molecule has 0 spiro atoms. The summed E-state index contributed by atoms with van der Waals surface area (Å²) in [6, 6.07) is 15.0. The van der Waals surface area contributed by atoms with Crippen LogP contribution in [0.25, 0.3) is 0 Å². The maximum absolute atomic E-state index is 5.52. The summed E-state index contributed by atoms with van der Waals surface area (Å²) in [5, 5.41) is 3.38. The Morgan fingerprint density at radius 3 is 2.37 bits per heavy atom. The van der Waals surface area contributed by atoms with Gasteiger partial charge in [0, 0.05) is 5.56 Å². The van der Waals surface area contributed by atoms with E-state index in [-0.39, 0.29) is 6.04 Å². The summed E-state index contributed by atoms with van der Waals surface area (Å²) in [6.07, 6.45) is 0. The fourth-order valence-electron chi connectivity index (χ4n) is 2.41. The van der Waals surface area contributed by atoms with Gasteiger partial charge in [0.15, 0.2) is 0 Å². The molecule has 0 bridgehead atoms. The summed E-state index contributed by atoms with van der Waals surface area (Å²) >= 11 is 0. The molecule has 0 aliphatic carbocycles. The van der Waals surface area contributed by atoms with Crippen molar-refractivity contribution in [2.24, 2.45) is 0 Å². The summed E-state index contributed by atoms with van der Waals surface area (Å²) in [7, 11) is 3.70. The SMILES string of the molecule is CNC(c1cccc(C)c1)c1ccc(C)cc1OC. The van der Waals surface area contributed by atoms with Crippen molar-refractivity contribution in [3.63, 3.8) is 0 Å². The molecule has 0 aliphatic heterocycles. The number of methoxy groups -OCH3 is 1. The van der Waals surface area contributed by atoms with Gasteiger partial charge in [-0.1, -0.05) is 42.0 Å². The Morgan fingerprint density at radius 1 is 1.00 bits per heavy atom. The van der Waals surface area contributed by atoms with E-state index < -0.39 is 0 Å². The molecular formula is C17H21NO. The number of benzene rings is 2. The van der Waals surface area contributed by atoms with Crippen LogP contribution in [-0.4, -0.2) is 14.2 Å². The van der Waals surface area contributed by atoms with E-state index in [1.165, 1.54) is 22.3 Å². The predicted molar refractivity (Wildman–Crippen MR) is 79.8 cm³/mol. The van der Waals surface area contributed by atoms with Crippen LogP contribution in [0.1, 0.15) is 28.3 Å². The first-order chi connectivity index (χ1) is 9.15. The lowest BCUT2D eigenvalue weighted by Gasteiger charge is -2.20. The minimum Gasteiger partial charge on any atom is -0.496 e. The van der Waals surface area contributed by atoms with E-state index in [0.29, 0.717) is 0 Å². The Morgan fingerprint density at radius 2 is 1.74 bits per heavy atom. The fourth-order valence-corrected chi connectivity index (χ4v) is 2.41. The minimum atomic E-state index is 0.149. The zero-order chi connectivity index (χ0) is 13.8. The average Bonchev–Trinajstić information content (AvgIpc) is 2.41. The van der Waals surface area contributed by atoms with Crippen LogP contribution < -0.4 is 10.1 Å². The highest BCUT2D eigenvalue weighted by molar-refractivity contribution is 5.44. The van der Waals surface area contributed by atoms with Crippen LogP contribution in [0.4, 0.5) is 0 Å². The molecule has 19 heavy (non-hydrogen) atoms. The van der Waals surface area contributed by atoms with E-state index in [1.54, 1.807) is 7.11 Å². The van der Waals surface area contributed by atoms with Crippen LogP contribution in [0.5, 0.6) is 5.75 Å². The molecule has 0 saturated heterocycles.